The molecule has 6 nitrogen and oxygen atoms in total. The second-order valence-corrected chi connectivity index (χ2v) is 6.23. The van der Waals surface area contributed by atoms with Gasteiger partial charge in [-0.25, -0.2) is 0 Å². The fraction of sp³-hybridized carbons (Fsp3) is 0.211. The fourth-order valence-electron chi connectivity index (χ4n) is 2.64. The van der Waals surface area contributed by atoms with Crippen LogP contribution in [0.3, 0.4) is 0 Å². The third-order valence-electron chi connectivity index (χ3n) is 3.89. The number of furan rings is 1. The molecule has 26 heavy (non-hydrogen) atoms. The minimum absolute atomic E-state index is 0.0427. The average molecular weight is 366 g/mol. The molecular weight excluding hydrogens is 348 g/mol. The first-order valence-electron chi connectivity index (χ1n) is 8.04. The van der Waals surface area contributed by atoms with Gasteiger partial charge in [0.25, 0.3) is 0 Å². The van der Waals surface area contributed by atoms with E-state index in [1.54, 1.807) is 27.9 Å². The van der Waals surface area contributed by atoms with Crippen molar-refractivity contribution in [2.24, 2.45) is 0 Å². The van der Waals surface area contributed by atoms with Crippen LogP contribution in [0, 0.1) is 24.0 Å². The first-order chi connectivity index (χ1) is 12.6. The Kier molecular flexibility index (Phi) is 5.34. The molecule has 1 N–H and O–H groups in total. The highest BCUT2D eigenvalue weighted by Crippen LogP contribution is 2.19. The molecule has 0 saturated carbocycles. The molecule has 0 bridgehead atoms. The lowest BCUT2D eigenvalue weighted by molar-refractivity contribution is -0.132. The largest absolute Gasteiger partial charge is 0.467 e. The Bertz CT molecular complexity index is 995. The lowest BCUT2D eigenvalue weighted by Gasteiger charge is -2.19. The van der Waals surface area contributed by atoms with Gasteiger partial charge in [0.1, 0.15) is 12.3 Å². The molecule has 0 saturated heterocycles. The molecule has 3 rings (SSSR count). The number of terminal acetylenes is 1. The average Bonchev–Trinajstić information content (AvgIpc) is 3.25. The summed E-state index contributed by atoms with van der Waals surface area (Å²) in [5, 5.41) is 7.04. The molecular formula is C19H18N4O2S. The zero-order valence-electron chi connectivity index (χ0n) is 14.3. The molecule has 1 aromatic carbocycles. The number of hydrogen-bond donors (Lipinski definition) is 1. The van der Waals surface area contributed by atoms with E-state index in [-0.39, 0.29) is 19.0 Å². The summed E-state index contributed by atoms with van der Waals surface area (Å²) in [5.74, 6) is 3.64. The molecule has 7 heteroatoms. The molecule has 2 aromatic heterocycles. The standard InChI is InChI=1S/C19H18N4O2S/c1-3-9-22(12-16-8-5-10-25-16)17(24)13-23-18(20-21-19(23)26)15-7-4-6-14(2)11-15/h1,4-8,10-11H,9,12-13H2,2H3,(H,21,26). The zero-order chi connectivity index (χ0) is 18.5. The van der Waals surface area contributed by atoms with Gasteiger partial charge in [-0.3, -0.25) is 14.5 Å². The Morgan fingerprint density at radius 3 is 2.96 bits per heavy atom. The van der Waals surface area contributed by atoms with Gasteiger partial charge in [0.2, 0.25) is 5.91 Å². The van der Waals surface area contributed by atoms with Gasteiger partial charge in [-0.2, -0.15) is 5.10 Å². The summed E-state index contributed by atoms with van der Waals surface area (Å²) < 4.78 is 7.38. The van der Waals surface area contributed by atoms with Crippen LogP contribution in [0.5, 0.6) is 0 Å². The monoisotopic (exact) mass is 366 g/mol. The van der Waals surface area contributed by atoms with E-state index in [0.717, 1.165) is 11.1 Å². The molecule has 1 amide bonds. The maximum Gasteiger partial charge on any atom is 0.243 e. The molecule has 0 aliphatic rings. The van der Waals surface area contributed by atoms with Crippen LogP contribution in [-0.4, -0.2) is 32.1 Å². The van der Waals surface area contributed by atoms with Crippen molar-refractivity contribution < 1.29 is 9.21 Å². The summed E-state index contributed by atoms with van der Waals surface area (Å²) in [5.41, 5.74) is 1.99. The maximum atomic E-state index is 12.8. The molecule has 0 radical (unpaired) electrons. The van der Waals surface area contributed by atoms with Crippen LogP contribution in [0.1, 0.15) is 11.3 Å². The van der Waals surface area contributed by atoms with Crippen molar-refractivity contribution in [2.45, 2.75) is 20.0 Å². The van der Waals surface area contributed by atoms with Crippen molar-refractivity contribution in [3.63, 3.8) is 0 Å². The van der Waals surface area contributed by atoms with Gasteiger partial charge in [0.15, 0.2) is 10.6 Å². The molecule has 3 aromatic rings. The van der Waals surface area contributed by atoms with Crippen molar-refractivity contribution in [3.05, 3.63) is 58.8 Å². The Labute approximate surface area is 156 Å². The number of rotatable bonds is 6. The summed E-state index contributed by atoms with van der Waals surface area (Å²) in [6.07, 6.45) is 6.98. The van der Waals surface area contributed by atoms with E-state index in [4.69, 9.17) is 23.1 Å². The lowest BCUT2D eigenvalue weighted by atomic mass is 10.1. The molecule has 0 aliphatic carbocycles. The number of hydrogen-bond acceptors (Lipinski definition) is 4. The van der Waals surface area contributed by atoms with E-state index in [1.807, 2.05) is 31.2 Å². The molecule has 0 atom stereocenters. The van der Waals surface area contributed by atoms with Gasteiger partial charge in [0.05, 0.1) is 19.4 Å². The van der Waals surface area contributed by atoms with Crippen molar-refractivity contribution in [1.82, 2.24) is 19.7 Å². The highest BCUT2D eigenvalue weighted by atomic mass is 32.1. The predicted molar refractivity (Wildman–Crippen MR) is 101 cm³/mol. The summed E-state index contributed by atoms with van der Waals surface area (Å²) >= 11 is 5.31. The molecule has 2 heterocycles. The smallest absolute Gasteiger partial charge is 0.243 e. The van der Waals surface area contributed by atoms with Gasteiger partial charge >= 0.3 is 0 Å². The minimum Gasteiger partial charge on any atom is -0.467 e. The number of carbonyl (C=O) groups excluding carboxylic acids is 1. The second-order valence-electron chi connectivity index (χ2n) is 5.84. The molecule has 132 valence electrons. The first kappa shape index (κ1) is 17.7. The summed E-state index contributed by atoms with van der Waals surface area (Å²) in [6, 6.07) is 11.4. The Balaban J connectivity index is 1.85. The highest BCUT2D eigenvalue weighted by molar-refractivity contribution is 7.71. The number of benzene rings is 1. The van der Waals surface area contributed by atoms with Gasteiger partial charge in [0, 0.05) is 5.56 Å². The minimum atomic E-state index is -0.161. The second kappa shape index (κ2) is 7.85. The van der Waals surface area contributed by atoms with Crippen LogP contribution in [0.4, 0.5) is 0 Å². The number of aryl methyl sites for hydroxylation is 1. The third kappa shape index (κ3) is 3.92. The van der Waals surface area contributed by atoms with E-state index in [9.17, 15) is 4.79 Å². The highest BCUT2D eigenvalue weighted by Gasteiger charge is 2.18. The number of nitrogens with zero attached hydrogens (tertiary/aromatic N) is 3. The number of carbonyl (C=O) groups is 1. The molecule has 0 fully saturated rings. The van der Waals surface area contributed by atoms with Crippen LogP contribution in [0.2, 0.25) is 0 Å². The summed E-state index contributed by atoms with van der Waals surface area (Å²) in [7, 11) is 0. The third-order valence-corrected chi connectivity index (χ3v) is 4.20. The Morgan fingerprint density at radius 1 is 1.42 bits per heavy atom. The summed E-state index contributed by atoms with van der Waals surface area (Å²) in [6.45, 7) is 2.53. The van der Waals surface area contributed by atoms with E-state index in [1.165, 1.54) is 0 Å². The summed E-state index contributed by atoms with van der Waals surface area (Å²) in [4.78, 5) is 14.4. The van der Waals surface area contributed by atoms with Gasteiger partial charge in [-0.1, -0.05) is 29.7 Å². The number of aromatic amines is 1. The van der Waals surface area contributed by atoms with E-state index < -0.39 is 0 Å². The molecule has 0 unspecified atom stereocenters. The van der Waals surface area contributed by atoms with Crippen LogP contribution in [-0.2, 0) is 17.9 Å². The predicted octanol–water partition coefficient (Wildman–Crippen LogP) is 3.17. The van der Waals surface area contributed by atoms with Crippen LogP contribution >= 0.6 is 12.2 Å². The Hall–Kier alpha value is -3.11. The van der Waals surface area contributed by atoms with Crippen LogP contribution in [0.15, 0.2) is 47.1 Å². The van der Waals surface area contributed by atoms with Crippen molar-refractivity contribution in [1.29, 1.82) is 0 Å². The lowest BCUT2D eigenvalue weighted by Crippen LogP contribution is -2.33. The van der Waals surface area contributed by atoms with Crippen molar-refractivity contribution in [2.75, 3.05) is 6.54 Å². The number of aromatic nitrogens is 3. The van der Waals surface area contributed by atoms with E-state index >= 15 is 0 Å². The van der Waals surface area contributed by atoms with Crippen LogP contribution in [0.25, 0.3) is 11.4 Å². The number of amides is 1. The van der Waals surface area contributed by atoms with E-state index in [2.05, 4.69) is 16.1 Å². The number of H-pyrrole nitrogens is 1. The van der Waals surface area contributed by atoms with Gasteiger partial charge in [-0.15, -0.1) is 6.42 Å². The van der Waals surface area contributed by atoms with Crippen molar-refractivity contribution in [3.8, 4) is 23.7 Å². The van der Waals surface area contributed by atoms with Gasteiger partial charge < -0.3 is 9.32 Å². The van der Waals surface area contributed by atoms with Gasteiger partial charge in [-0.05, 0) is 37.3 Å². The topological polar surface area (TPSA) is 67.1 Å². The normalized spacial score (nSPS) is 10.5. The maximum absolute atomic E-state index is 12.8. The molecule has 0 spiro atoms. The number of nitrogens with one attached hydrogen (secondary N) is 1. The Morgan fingerprint density at radius 2 is 2.27 bits per heavy atom. The van der Waals surface area contributed by atoms with Crippen molar-refractivity contribution >= 4 is 18.1 Å². The SMILES string of the molecule is C#CCN(Cc1ccco1)C(=O)Cn1c(-c2cccc(C)c2)n[nH]c1=S. The zero-order valence-corrected chi connectivity index (χ0v) is 15.1. The quantitative estimate of drug-likeness (QED) is 0.537. The molecule has 0 aliphatic heterocycles. The van der Waals surface area contributed by atoms with E-state index in [0.29, 0.717) is 22.9 Å². The first-order valence-corrected chi connectivity index (χ1v) is 8.45. The fourth-order valence-corrected chi connectivity index (χ4v) is 2.83. The van der Waals surface area contributed by atoms with Crippen LogP contribution < -0.4 is 0 Å².